The summed E-state index contributed by atoms with van der Waals surface area (Å²) in [6.45, 7) is 15.4. The van der Waals surface area contributed by atoms with Crippen LogP contribution in [0.15, 0.2) is 0 Å². The Morgan fingerprint density at radius 1 is 0.805 bits per heavy atom. The summed E-state index contributed by atoms with van der Waals surface area (Å²) in [7, 11) is 0. The average Bonchev–Trinajstić information content (AvgIpc) is 3.08. The summed E-state index contributed by atoms with van der Waals surface area (Å²) >= 11 is 0. The fraction of sp³-hybridized carbons (Fsp3) is 0.973. The second kappa shape index (κ2) is 9.95. The Hall–Kier alpha value is -0.610. The van der Waals surface area contributed by atoms with Crippen molar-refractivity contribution in [2.45, 2.75) is 163 Å². The van der Waals surface area contributed by atoms with Crippen molar-refractivity contribution in [3.8, 4) is 0 Å². The van der Waals surface area contributed by atoms with Gasteiger partial charge in [0.25, 0.3) is 0 Å². The van der Waals surface area contributed by atoms with Gasteiger partial charge in [-0.2, -0.15) is 0 Å². The molecule has 234 valence electrons. The molecule has 41 heavy (non-hydrogen) atoms. The summed E-state index contributed by atoms with van der Waals surface area (Å²) < 4.78 is 6.37. The normalized spacial score (nSPS) is 54.0. The van der Waals surface area contributed by atoms with Gasteiger partial charge in [-0.1, -0.05) is 66.7 Å². The molecular weight excluding hydrogens is 508 g/mol. The van der Waals surface area contributed by atoms with E-state index in [1.165, 1.54) is 70.6 Å². The first kappa shape index (κ1) is 30.4. The minimum Gasteiger partial charge on any atom is -0.481 e. The molecule has 2 bridgehead atoms. The molecule has 6 fully saturated rings. The molecule has 0 aromatic carbocycles. The monoisotopic (exact) mass is 570 g/mol. The third kappa shape index (κ3) is 4.00. The van der Waals surface area contributed by atoms with Crippen LogP contribution in [0.4, 0.5) is 0 Å². The second-order valence-electron chi connectivity index (χ2n) is 17.6. The van der Waals surface area contributed by atoms with Crippen LogP contribution in [0.1, 0.15) is 157 Å². The highest BCUT2D eigenvalue weighted by atomic mass is 16.6. The molecule has 5 aliphatic carbocycles. The maximum atomic E-state index is 12.7. The van der Waals surface area contributed by atoms with Crippen molar-refractivity contribution < 1.29 is 19.7 Å². The van der Waals surface area contributed by atoms with E-state index in [-0.39, 0.29) is 33.0 Å². The SMILES string of the molecule is CCCCCC[C@@]12CC[C@@]3(C)[C@@H]4CC[C@]5(O)OC[C@@]4(CC[C@@H]3[C@@]1(C)CC[C@@]1(C)CC[C@@](C)(C(=O)O)C[C@H]12)[C@H]5CCC. The summed E-state index contributed by atoms with van der Waals surface area (Å²) in [5.41, 5.74) is 0.599. The van der Waals surface area contributed by atoms with Crippen LogP contribution >= 0.6 is 0 Å². The smallest absolute Gasteiger partial charge is 0.309 e. The van der Waals surface area contributed by atoms with Gasteiger partial charge < -0.3 is 14.9 Å². The number of hydrogen-bond acceptors (Lipinski definition) is 3. The van der Waals surface area contributed by atoms with Crippen LogP contribution in [0, 0.1) is 56.2 Å². The van der Waals surface area contributed by atoms with Crippen LogP contribution in [-0.4, -0.2) is 28.6 Å². The Morgan fingerprint density at radius 2 is 1.54 bits per heavy atom. The van der Waals surface area contributed by atoms with Crippen LogP contribution in [0.3, 0.4) is 0 Å². The number of fused-ring (bicyclic) bond motifs is 7. The zero-order valence-corrected chi connectivity index (χ0v) is 27.5. The summed E-state index contributed by atoms with van der Waals surface area (Å²) in [6.07, 6.45) is 21.0. The van der Waals surface area contributed by atoms with Gasteiger partial charge in [0, 0.05) is 17.8 Å². The summed E-state index contributed by atoms with van der Waals surface area (Å²) in [4.78, 5) is 12.7. The molecule has 0 radical (unpaired) electrons. The molecule has 6 aliphatic rings. The topological polar surface area (TPSA) is 66.8 Å². The fourth-order valence-electron chi connectivity index (χ4n) is 13.7. The van der Waals surface area contributed by atoms with Gasteiger partial charge in [-0.05, 0) is 123 Å². The van der Waals surface area contributed by atoms with E-state index in [2.05, 4.69) is 41.5 Å². The Bertz CT molecular complexity index is 1030. The maximum absolute atomic E-state index is 12.7. The van der Waals surface area contributed by atoms with Crippen molar-refractivity contribution in [3.63, 3.8) is 0 Å². The minimum absolute atomic E-state index is 0.141. The Morgan fingerprint density at radius 3 is 2.24 bits per heavy atom. The third-order valence-corrected chi connectivity index (χ3v) is 16.0. The molecule has 1 spiro atoms. The molecule has 0 unspecified atom stereocenters. The lowest BCUT2D eigenvalue weighted by Gasteiger charge is -2.75. The van der Waals surface area contributed by atoms with Gasteiger partial charge in [0.2, 0.25) is 0 Å². The maximum Gasteiger partial charge on any atom is 0.309 e. The van der Waals surface area contributed by atoms with Crippen molar-refractivity contribution in [2.24, 2.45) is 56.2 Å². The lowest BCUT2D eigenvalue weighted by molar-refractivity contribution is -0.276. The van der Waals surface area contributed by atoms with E-state index in [1.54, 1.807) is 0 Å². The van der Waals surface area contributed by atoms with E-state index in [4.69, 9.17) is 4.74 Å². The number of aliphatic carboxylic acids is 1. The van der Waals surface area contributed by atoms with Crippen molar-refractivity contribution in [3.05, 3.63) is 0 Å². The number of rotatable bonds is 8. The molecular formula is C37H62O4. The van der Waals surface area contributed by atoms with Crippen molar-refractivity contribution in [1.82, 2.24) is 0 Å². The standard InChI is InChI=1S/C37H62O4/c1-7-9-10-11-15-36-23-21-33(5)26(13-16-35-25-41-37(40,17-14-27(33)35)28(35)12-8-2)34(36,6)22-20-31(3)18-19-32(4,30(38)39)24-29(31)36/h26-29,40H,7-25H2,1-6H3,(H,38,39)/t26-,27-,28+,29+,31+,32+,33+,34+,35+,36-,37-/m0/s1. The second-order valence-corrected chi connectivity index (χ2v) is 17.6. The quantitative estimate of drug-likeness (QED) is 0.285. The third-order valence-electron chi connectivity index (χ3n) is 16.0. The highest BCUT2D eigenvalue weighted by molar-refractivity contribution is 5.74. The lowest BCUT2D eigenvalue weighted by Crippen LogP contribution is -2.69. The number of unbranched alkanes of at least 4 members (excludes halogenated alkanes) is 3. The van der Waals surface area contributed by atoms with E-state index >= 15 is 0 Å². The Balaban J connectivity index is 1.41. The predicted molar refractivity (Wildman–Crippen MR) is 164 cm³/mol. The molecule has 6 rings (SSSR count). The summed E-state index contributed by atoms with van der Waals surface area (Å²) in [5, 5.41) is 22.1. The first-order valence-corrected chi connectivity index (χ1v) is 17.9. The highest BCUT2D eigenvalue weighted by Crippen LogP contribution is 2.80. The van der Waals surface area contributed by atoms with Crippen LogP contribution in [0.2, 0.25) is 0 Å². The number of hydrogen-bond donors (Lipinski definition) is 2. The van der Waals surface area contributed by atoms with Crippen LogP contribution in [0.25, 0.3) is 0 Å². The molecule has 0 aromatic rings. The van der Waals surface area contributed by atoms with Gasteiger partial charge in [0.05, 0.1) is 12.0 Å². The summed E-state index contributed by atoms with van der Waals surface area (Å²) in [5.74, 6) is 0.646. The van der Waals surface area contributed by atoms with Crippen molar-refractivity contribution >= 4 is 5.97 Å². The number of ether oxygens (including phenoxy) is 1. The number of carboxylic acids is 1. The number of carbonyl (C=O) groups is 1. The van der Waals surface area contributed by atoms with Gasteiger partial charge in [0.15, 0.2) is 5.79 Å². The van der Waals surface area contributed by atoms with E-state index in [9.17, 15) is 15.0 Å². The lowest BCUT2D eigenvalue weighted by atomic mass is 9.29. The van der Waals surface area contributed by atoms with Gasteiger partial charge in [-0.15, -0.1) is 0 Å². The molecule has 1 aliphatic heterocycles. The molecule has 11 atom stereocenters. The van der Waals surface area contributed by atoms with E-state index in [0.29, 0.717) is 17.8 Å². The number of aliphatic hydroxyl groups is 1. The van der Waals surface area contributed by atoms with Crippen LogP contribution < -0.4 is 0 Å². The average molecular weight is 571 g/mol. The zero-order valence-electron chi connectivity index (χ0n) is 27.5. The van der Waals surface area contributed by atoms with Gasteiger partial charge >= 0.3 is 5.97 Å². The van der Waals surface area contributed by atoms with Gasteiger partial charge in [0.1, 0.15) is 0 Å². The molecule has 0 amide bonds. The van der Waals surface area contributed by atoms with Crippen LogP contribution in [-0.2, 0) is 9.53 Å². The van der Waals surface area contributed by atoms with Crippen molar-refractivity contribution in [2.75, 3.05) is 6.61 Å². The Kier molecular flexibility index (Phi) is 7.38. The van der Waals surface area contributed by atoms with E-state index < -0.39 is 17.2 Å². The first-order valence-electron chi connectivity index (χ1n) is 17.9. The van der Waals surface area contributed by atoms with Crippen molar-refractivity contribution in [1.29, 1.82) is 0 Å². The van der Waals surface area contributed by atoms with Crippen LogP contribution in [0.5, 0.6) is 0 Å². The van der Waals surface area contributed by atoms with E-state index in [1.807, 2.05) is 0 Å². The fourth-order valence-corrected chi connectivity index (χ4v) is 13.7. The highest BCUT2D eigenvalue weighted by Gasteiger charge is 2.75. The molecule has 5 saturated carbocycles. The molecule has 4 nitrogen and oxygen atoms in total. The van der Waals surface area contributed by atoms with E-state index in [0.717, 1.165) is 51.6 Å². The minimum atomic E-state index is -0.895. The summed E-state index contributed by atoms with van der Waals surface area (Å²) in [6, 6.07) is 0. The van der Waals surface area contributed by atoms with Gasteiger partial charge in [-0.25, -0.2) is 0 Å². The predicted octanol–water partition coefficient (Wildman–Crippen LogP) is 9.38. The molecule has 1 heterocycles. The Labute approximate surface area is 251 Å². The van der Waals surface area contributed by atoms with Gasteiger partial charge in [-0.3, -0.25) is 4.79 Å². The molecule has 2 N–H and O–H groups in total. The molecule has 1 saturated heterocycles. The largest absolute Gasteiger partial charge is 0.481 e. The number of carboxylic acid groups (broad SMARTS) is 1. The first-order chi connectivity index (χ1) is 19.3. The molecule has 4 heteroatoms. The molecule has 0 aromatic heterocycles. The zero-order chi connectivity index (χ0) is 29.5.